The standard InChI is InChI=1S/2C26H37N3O.C24H30F3N3O.C24H32FN3O/c1-5-10-21(3)28-17-15-24(16-18-28)29(19-23-12-7-6-8-13-23)26(30)27-25-14-9-11-20(2)22(25)4;1-4-11-21(3)28-18-16-24(17-19-28)29(20-22-12-7-6-8-13-22)26(30)27-25-15-10-9-14-23(25)5-2;1-3-7-17(2)29-12-10-20(11-13-29)30(16-18-8-5-4-6-9-18)24(31)28-23-21(26)14-19(25)15-22(23)27;1-3-7-19(2)27-16-14-23(15-17-27)28(18-20-8-5-4-6-9-20)24(29)26-22-12-10-21(25)11-13-22/h6-9,11-14,21,24H,5,10,15-19H2,1-4H3,(H,27,30);6-10,12-15,21,24H,4-5,11,16-20H2,1-3H3,(H,27,30);4-6,8-9,14-15,17,20H,3,7,10-13,16H2,1-2H3,(H,28,31);4-6,8-13,19,23H,3,7,14-18H2,1-2H3,(H,26,29). The Hall–Kier alpha value is -9.60. The first-order valence-corrected chi connectivity index (χ1v) is 44.5. The maximum Gasteiger partial charge on any atom is 0.322 e. The highest BCUT2D eigenvalue weighted by molar-refractivity contribution is 5.92. The van der Waals surface area contributed by atoms with Gasteiger partial charge in [-0.15, -0.1) is 0 Å². The largest absolute Gasteiger partial charge is 0.322 e. The number of urea groups is 4. The van der Waals surface area contributed by atoms with Crippen molar-refractivity contribution in [2.75, 3.05) is 73.6 Å². The smallest absolute Gasteiger partial charge is 0.317 e. The summed E-state index contributed by atoms with van der Waals surface area (Å²) < 4.78 is 54.6. The summed E-state index contributed by atoms with van der Waals surface area (Å²) >= 11 is 0. The Bertz CT molecular complexity index is 4310. The molecule has 20 heteroatoms. The van der Waals surface area contributed by atoms with E-state index in [1.165, 1.54) is 72.9 Å². The number of carbonyl (C=O) groups excluding carboxylic acids is 4. The molecular weight excluding hydrogens is 1510 g/mol. The van der Waals surface area contributed by atoms with Gasteiger partial charge in [0.15, 0.2) is 11.6 Å². The lowest BCUT2D eigenvalue weighted by Crippen LogP contribution is -2.50. The van der Waals surface area contributed by atoms with Crippen molar-refractivity contribution in [1.82, 2.24) is 39.2 Å². The second kappa shape index (κ2) is 49.3. The molecule has 0 radical (unpaired) electrons. The van der Waals surface area contributed by atoms with Crippen LogP contribution in [0.1, 0.15) is 204 Å². The molecule has 0 aliphatic carbocycles. The molecule has 16 nitrogen and oxygen atoms in total. The lowest BCUT2D eigenvalue weighted by molar-refractivity contribution is 0.0986. The van der Waals surface area contributed by atoms with E-state index in [1.807, 2.05) is 120 Å². The number of hydrogen-bond acceptors (Lipinski definition) is 8. The van der Waals surface area contributed by atoms with E-state index in [-0.39, 0.29) is 48.1 Å². The average Bonchev–Trinajstić information content (AvgIpc) is 0.823. The molecule has 4 aliphatic heterocycles. The molecule has 4 saturated heterocycles. The summed E-state index contributed by atoms with van der Waals surface area (Å²) in [7, 11) is 0. The van der Waals surface area contributed by atoms with Gasteiger partial charge in [0, 0.05) is 156 Å². The van der Waals surface area contributed by atoms with Gasteiger partial charge in [0.2, 0.25) is 0 Å². The number of nitrogens with zero attached hydrogens (tertiary/aromatic N) is 8. The van der Waals surface area contributed by atoms with Crippen LogP contribution in [0.3, 0.4) is 0 Å². The number of aryl methyl sites for hydroxylation is 2. The predicted molar refractivity (Wildman–Crippen MR) is 484 cm³/mol. The van der Waals surface area contributed by atoms with E-state index in [0.29, 0.717) is 68.2 Å². The predicted octanol–water partition coefficient (Wildman–Crippen LogP) is 23.2. The first-order chi connectivity index (χ1) is 58.1. The third-order valence-corrected chi connectivity index (χ3v) is 24.7. The van der Waals surface area contributed by atoms with E-state index in [1.54, 1.807) is 17.0 Å². The van der Waals surface area contributed by atoms with Gasteiger partial charge in [0.1, 0.15) is 17.3 Å². The minimum absolute atomic E-state index is 0.00705. The molecule has 0 spiro atoms. The molecule has 4 heterocycles. The number of rotatable bonds is 29. The van der Waals surface area contributed by atoms with Gasteiger partial charge in [-0.1, -0.05) is 212 Å². The number of amides is 8. The highest BCUT2D eigenvalue weighted by atomic mass is 19.1. The van der Waals surface area contributed by atoms with E-state index in [0.717, 1.165) is 151 Å². The molecule has 12 rings (SSSR count). The van der Waals surface area contributed by atoms with Crippen molar-refractivity contribution in [2.45, 2.75) is 260 Å². The van der Waals surface area contributed by atoms with Crippen LogP contribution in [-0.2, 0) is 32.6 Å². The Labute approximate surface area is 714 Å². The Morgan fingerprint density at radius 1 is 0.350 bits per heavy atom. The molecule has 4 aliphatic rings. The van der Waals surface area contributed by atoms with Gasteiger partial charge < -0.3 is 60.5 Å². The Kier molecular flexibility index (Phi) is 38.8. The van der Waals surface area contributed by atoms with E-state index in [9.17, 15) is 36.7 Å². The maximum absolute atomic E-state index is 14.1. The molecule has 8 amide bonds. The van der Waals surface area contributed by atoms with Crippen LogP contribution in [0.5, 0.6) is 0 Å². The molecule has 120 heavy (non-hydrogen) atoms. The fourth-order valence-corrected chi connectivity index (χ4v) is 17.3. The first-order valence-electron chi connectivity index (χ1n) is 44.5. The summed E-state index contributed by atoms with van der Waals surface area (Å²) in [4.78, 5) is 70.9. The first kappa shape index (κ1) is 94.3. The lowest BCUT2D eigenvalue weighted by atomic mass is 10.00. The molecule has 0 aromatic heterocycles. The highest BCUT2D eigenvalue weighted by Crippen LogP contribution is 2.31. The van der Waals surface area contributed by atoms with Crippen LogP contribution in [0.2, 0.25) is 0 Å². The molecular formula is C100H136F4N12O4. The third kappa shape index (κ3) is 29.1. The summed E-state index contributed by atoms with van der Waals surface area (Å²) in [6.07, 6.45) is 18.1. The number of hydrogen-bond donors (Lipinski definition) is 4. The Morgan fingerprint density at radius 2 is 0.642 bits per heavy atom. The number of piperidine rings is 4. The van der Waals surface area contributed by atoms with Gasteiger partial charge in [-0.2, -0.15) is 0 Å². The van der Waals surface area contributed by atoms with Crippen molar-refractivity contribution >= 4 is 46.9 Å². The van der Waals surface area contributed by atoms with Gasteiger partial charge >= 0.3 is 24.1 Å². The molecule has 4 fully saturated rings. The number of anilines is 4. The number of carbonyl (C=O) groups is 4. The van der Waals surface area contributed by atoms with Crippen molar-refractivity contribution in [3.8, 4) is 0 Å². The minimum atomic E-state index is -1.13. The van der Waals surface area contributed by atoms with Crippen LogP contribution in [-0.4, -0.2) is 164 Å². The summed E-state index contributed by atoms with van der Waals surface area (Å²) in [6.45, 7) is 34.6. The second-order valence-electron chi connectivity index (χ2n) is 33.3. The van der Waals surface area contributed by atoms with Gasteiger partial charge in [0.05, 0.1) is 0 Å². The minimum Gasteiger partial charge on any atom is -0.317 e. The van der Waals surface area contributed by atoms with E-state index >= 15 is 0 Å². The molecule has 8 aromatic rings. The van der Waals surface area contributed by atoms with Crippen LogP contribution in [0.15, 0.2) is 200 Å². The summed E-state index contributed by atoms with van der Waals surface area (Å²) in [6, 6.07) is 63.8. The van der Waals surface area contributed by atoms with Gasteiger partial charge in [-0.3, -0.25) is 0 Å². The monoisotopic (exact) mass is 1650 g/mol. The second-order valence-corrected chi connectivity index (χ2v) is 33.3. The van der Waals surface area contributed by atoms with Crippen molar-refractivity contribution < 1.29 is 36.7 Å². The zero-order chi connectivity index (χ0) is 85.9. The van der Waals surface area contributed by atoms with Crippen LogP contribution >= 0.6 is 0 Å². The number of benzene rings is 8. The number of halogens is 4. The van der Waals surface area contributed by atoms with Crippen molar-refractivity contribution in [2.24, 2.45) is 0 Å². The molecule has 4 unspecified atom stereocenters. The SMILES string of the molecule is CCCC(C)N1CCC(N(Cc2ccccc2)C(=O)Nc2c(F)cc(F)cc2F)CC1.CCCC(C)N1CCC(N(Cc2ccccc2)C(=O)Nc2ccc(F)cc2)CC1.CCCC(C)N1CCC(N(Cc2ccccc2)C(=O)Nc2cccc(C)c2C)CC1.CCCC(C)N1CCC(N(Cc2ccccc2)C(=O)Nc2ccccc2CC)CC1. The Morgan fingerprint density at radius 3 is 0.967 bits per heavy atom. The number of nitrogens with one attached hydrogen (secondary N) is 4. The van der Waals surface area contributed by atoms with Crippen LogP contribution in [0.25, 0.3) is 0 Å². The van der Waals surface area contributed by atoms with E-state index in [4.69, 9.17) is 0 Å². The summed E-state index contributed by atoms with van der Waals surface area (Å²) in [5, 5.41) is 11.7. The molecule has 0 bridgehead atoms. The van der Waals surface area contributed by atoms with Crippen LogP contribution in [0.4, 0.5) is 59.5 Å². The highest BCUT2D eigenvalue weighted by Gasteiger charge is 2.35. The quantitative estimate of drug-likeness (QED) is 0.0340. The summed E-state index contributed by atoms with van der Waals surface area (Å²) in [5.41, 5.74) is 9.73. The molecule has 4 atom stereocenters. The molecule has 4 N–H and O–H groups in total. The van der Waals surface area contributed by atoms with Crippen LogP contribution < -0.4 is 21.3 Å². The fraction of sp³-hybridized carbons (Fsp3) is 0.480. The third-order valence-electron chi connectivity index (χ3n) is 24.7. The Balaban J connectivity index is 0.000000182. The van der Waals surface area contributed by atoms with Gasteiger partial charge in [0.25, 0.3) is 0 Å². The number of likely N-dealkylation sites (tertiary alicyclic amines) is 4. The zero-order valence-corrected chi connectivity index (χ0v) is 73.4. The van der Waals surface area contributed by atoms with Crippen molar-refractivity contribution in [1.29, 1.82) is 0 Å². The molecule has 0 saturated carbocycles. The van der Waals surface area contributed by atoms with E-state index in [2.05, 4.69) is 175 Å². The number of para-hydroxylation sites is 1. The van der Waals surface area contributed by atoms with Gasteiger partial charge in [-0.25, -0.2) is 36.7 Å². The summed E-state index contributed by atoms with van der Waals surface area (Å²) in [5.74, 6) is -3.59. The zero-order valence-electron chi connectivity index (χ0n) is 73.4. The van der Waals surface area contributed by atoms with Crippen molar-refractivity contribution in [3.05, 3.63) is 262 Å². The topological polar surface area (TPSA) is 142 Å². The van der Waals surface area contributed by atoms with E-state index < -0.39 is 29.2 Å². The lowest BCUT2D eigenvalue weighted by Gasteiger charge is -2.40. The molecule has 8 aromatic carbocycles. The normalized spacial score (nSPS) is 16.3. The fourth-order valence-electron chi connectivity index (χ4n) is 17.3. The average molecular weight is 1650 g/mol. The van der Waals surface area contributed by atoms with Crippen LogP contribution in [0, 0.1) is 37.1 Å². The van der Waals surface area contributed by atoms with Gasteiger partial charge in [-0.05, 0) is 200 Å². The molecule has 648 valence electrons. The maximum atomic E-state index is 14.1. The van der Waals surface area contributed by atoms with Crippen molar-refractivity contribution in [3.63, 3.8) is 0 Å².